The number of hydrogen-bond acceptors (Lipinski definition) is 6. The third kappa shape index (κ3) is 4.31. The lowest BCUT2D eigenvalue weighted by molar-refractivity contribution is -0.0440. The Hall–Kier alpha value is -2.76. The summed E-state index contributed by atoms with van der Waals surface area (Å²) in [6, 6.07) is 5.72. The normalized spacial score (nSPS) is 20.4. The number of aromatic nitrogens is 2. The number of nitrogens with zero attached hydrogens (tertiary/aromatic N) is 2. The second kappa shape index (κ2) is 7.93. The molecular formula is C18H23N5O5S. The van der Waals surface area contributed by atoms with Gasteiger partial charge in [0.25, 0.3) is 11.8 Å². The number of aromatic amines is 1. The van der Waals surface area contributed by atoms with Crippen LogP contribution in [0.3, 0.4) is 0 Å². The molecule has 1 saturated heterocycles. The van der Waals surface area contributed by atoms with Crippen molar-refractivity contribution >= 4 is 27.5 Å². The molecule has 0 spiro atoms. The van der Waals surface area contributed by atoms with E-state index in [0.29, 0.717) is 5.69 Å². The van der Waals surface area contributed by atoms with Crippen molar-refractivity contribution in [1.29, 1.82) is 0 Å². The summed E-state index contributed by atoms with van der Waals surface area (Å²) in [5.41, 5.74) is 5.89. The summed E-state index contributed by atoms with van der Waals surface area (Å²) in [7, 11) is -3.79. The molecule has 0 aliphatic carbocycles. The van der Waals surface area contributed by atoms with Gasteiger partial charge in [0, 0.05) is 18.7 Å². The smallest absolute Gasteiger partial charge is 0.271 e. The number of amides is 2. The van der Waals surface area contributed by atoms with Gasteiger partial charge in [-0.1, -0.05) is 6.07 Å². The van der Waals surface area contributed by atoms with E-state index in [1.807, 2.05) is 13.8 Å². The molecule has 0 radical (unpaired) electrons. The van der Waals surface area contributed by atoms with Crippen molar-refractivity contribution < 1.29 is 22.7 Å². The number of morpholine rings is 1. The van der Waals surface area contributed by atoms with Gasteiger partial charge in [-0.2, -0.15) is 9.40 Å². The van der Waals surface area contributed by atoms with Crippen molar-refractivity contribution in [3.8, 4) is 0 Å². The molecule has 2 atom stereocenters. The summed E-state index contributed by atoms with van der Waals surface area (Å²) in [6.07, 6.45) is -0.451. The molecule has 3 rings (SSSR count). The highest BCUT2D eigenvalue weighted by Gasteiger charge is 2.32. The van der Waals surface area contributed by atoms with Crippen LogP contribution in [0.2, 0.25) is 0 Å². The van der Waals surface area contributed by atoms with Gasteiger partial charge >= 0.3 is 0 Å². The van der Waals surface area contributed by atoms with Crippen LogP contribution in [0.4, 0.5) is 5.69 Å². The van der Waals surface area contributed by atoms with Gasteiger partial charge in [-0.3, -0.25) is 14.7 Å². The number of aryl methyl sites for hydroxylation is 1. The SMILES string of the molecule is Cc1[nH]nc(C(N)=O)c1NC(=O)c1cccc(S(=O)(=O)N2CC(C)OC(C)C2)c1. The highest BCUT2D eigenvalue weighted by molar-refractivity contribution is 7.89. The summed E-state index contributed by atoms with van der Waals surface area (Å²) < 4.78 is 33.0. The molecule has 1 aliphatic heterocycles. The molecule has 0 saturated carbocycles. The largest absolute Gasteiger partial charge is 0.373 e. The minimum Gasteiger partial charge on any atom is -0.373 e. The fourth-order valence-corrected chi connectivity index (χ4v) is 4.86. The van der Waals surface area contributed by atoms with Crippen LogP contribution in [-0.2, 0) is 14.8 Å². The highest BCUT2D eigenvalue weighted by atomic mass is 32.2. The van der Waals surface area contributed by atoms with Crippen LogP contribution in [0.1, 0.15) is 40.4 Å². The topological polar surface area (TPSA) is 147 Å². The predicted molar refractivity (Wildman–Crippen MR) is 105 cm³/mol. The summed E-state index contributed by atoms with van der Waals surface area (Å²) in [5, 5.41) is 8.91. The van der Waals surface area contributed by atoms with Crippen LogP contribution in [0.25, 0.3) is 0 Å². The van der Waals surface area contributed by atoms with Gasteiger partial charge in [-0.15, -0.1) is 0 Å². The Labute approximate surface area is 168 Å². The van der Waals surface area contributed by atoms with Gasteiger partial charge in [-0.05, 0) is 39.0 Å². The van der Waals surface area contributed by atoms with E-state index in [-0.39, 0.29) is 47.1 Å². The minimum atomic E-state index is -3.79. The molecule has 11 heteroatoms. The maximum Gasteiger partial charge on any atom is 0.271 e. The number of benzene rings is 1. The number of carbonyl (C=O) groups excluding carboxylic acids is 2. The van der Waals surface area contributed by atoms with E-state index in [2.05, 4.69) is 15.5 Å². The monoisotopic (exact) mass is 421 g/mol. The third-order valence-corrected chi connectivity index (χ3v) is 6.37. The van der Waals surface area contributed by atoms with Crippen molar-refractivity contribution in [2.75, 3.05) is 18.4 Å². The average molecular weight is 421 g/mol. The van der Waals surface area contributed by atoms with Crippen molar-refractivity contribution in [2.24, 2.45) is 5.73 Å². The maximum atomic E-state index is 13.0. The quantitative estimate of drug-likeness (QED) is 0.652. The molecule has 10 nitrogen and oxygen atoms in total. The van der Waals surface area contributed by atoms with Gasteiger partial charge < -0.3 is 15.8 Å². The molecule has 2 unspecified atom stereocenters. The molecule has 1 aliphatic rings. The Balaban J connectivity index is 1.87. The Bertz CT molecular complexity index is 1040. The van der Waals surface area contributed by atoms with E-state index < -0.39 is 21.8 Å². The van der Waals surface area contributed by atoms with E-state index >= 15 is 0 Å². The van der Waals surface area contributed by atoms with E-state index in [1.165, 1.54) is 28.6 Å². The second-order valence-electron chi connectivity index (χ2n) is 7.00. The first-order chi connectivity index (χ1) is 13.6. The van der Waals surface area contributed by atoms with Crippen molar-refractivity contribution in [2.45, 2.75) is 37.9 Å². The molecule has 2 heterocycles. The molecule has 29 heavy (non-hydrogen) atoms. The van der Waals surface area contributed by atoms with Gasteiger partial charge in [0.05, 0.1) is 28.5 Å². The number of carbonyl (C=O) groups is 2. The molecule has 2 aromatic rings. The van der Waals surface area contributed by atoms with Gasteiger partial charge in [-0.25, -0.2) is 8.42 Å². The Kier molecular flexibility index (Phi) is 5.73. The summed E-state index contributed by atoms with van der Waals surface area (Å²) in [5.74, 6) is -1.38. The second-order valence-corrected chi connectivity index (χ2v) is 8.94. The molecule has 0 bridgehead atoms. The molecular weight excluding hydrogens is 398 g/mol. The number of sulfonamides is 1. The molecule has 156 valence electrons. The number of rotatable bonds is 5. The number of nitrogens with two attached hydrogens (primary N) is 1. The lowest BCUT2D eigenvalue weighted by atomic mass is 10.2. The number of nitrogens with one attached hydrogen (secondary N) is 2. The Morgan fingerprint density at radius 3 is 2.55 bits per heavy atom. The summed E-state index contributed by atoms with van der Waals surface area (Å²) in [4.78, 5) is 24.1. The molecule has 2 amide bonds. The Morgan fingerprint density at radius 1 is 1.28 bits per heavy atom. The zero-order valence-corrected chi connectivity index (χ0v) is 17.1. The zero-order chi connectivity index (χ0) is 21.3. The zero-order valence-electron chi connectivity index (χ0n) is 16.3. The van der Waals surface area contributed by atoms with Gasteiger partial charge in [0.1, 0.15) is 0 Å². The number of primary amides is 1. The van der Waals surface area contributed by atoms with E-state index in [9.17, 15) is 18.0 Å². The summed E-state index contributed by atoms with van der Waals surface area (Å²) >= 11 is 0. The predicted octanol–water partition coefficient (Wildman–Crippen LogP) is 0.867. The van der Waals surface area contributed by atoms with Crippen LogP contribution in [-0.4, -0.2) is 60.0 Å². The van der Waals surface area contributed by atoms with Crippen LogP contribution >= 0.6 is 0 Å². The van der Waals surface area contributed by atoms with Crippen LogP contribution in [0.15, 0.2) is 29.2 Å². The fourth-order valence-electron chi connectivity index (χ4n) is 3.22. The van der Waals surface area contributed by atoms with E-state index in [1.54, 1.807) is 6.92 Å². The lowest BCUT2D eigenvalue weighted by Crippen LogP contribution is -2.48. The first-order valence-corrected chi connectivity index (χ1v) is 10.5. The van der Waals surface area contributed by atoms with E-state index in [0.717, 1.165) is 0 Å². The van der Waals surface area contributed by atoms with Gasteiger partial charge in [0.2, 0.25) is 10.0 Å². The first kappa shape index (κ1) is 21.0. The highest BCUT2D eigenvalue weighted by Crippen LogP contribution is 2.23. The number of anilines is 1. The Morgan fingerprint density at radius 2 is 1.93 bits per heavy atom. The lowest BCUT2D eigenvalue weighted by Gasteiger charge is -2.34. The molecule has 1 aromatic carbocycles. The van der Waals surface area contributed by atoms with E-state index in [4.69, 9.17) is 10.5 Å². The van der Waals surface area contributed by atoms with Crippen LogP contribution in [0.5, 0.6) is 0 Å². The molecule has 1 aromatic heterocycles. The van der Waals surface area contributed by atoms with Crippen LogP contribution < -0.4 is 11.1 Å². The first-order valence-electron chi connectivity index (χ1n) is 9.01. The van der Waals surface area contributed by atoms with Crippen LogP contribution in [0, 0.1) is 6.92 Å². The van der Waals surface area contributed by atoms with Crippen molar-refractivity contribution in [1.82, 2.24) is 14.5 Å². The minimum absolute atomic E-state index is 0.00508. The number of ether oxygens (including phenoxy) is 1. The average Bonchev–Trinajstić information content (AvgIpc) is 3.01. The number of H-pyrrole nitrogens is 1. The maximum absolute atomic E-state index is 13.0. The molecule has 4 N–H and O–H groups in total. The third-order valence-electron chi connectivity index (χ3n) is 4.54. The fraction of sp³-hybridized carbons (Fsp3) is 0.389. The number of hydrogen-bond donors (Lipinski definition) is 3. The molecule has 1 fully saturated rings. The van der Waals surface area contributed by atoms with Gasteiger partial charge in [0.15, 0.2) is 5.69 Å². The standard InChI is InChI=1S/C18H23N5O5S/c1-10-8-23(9-11(2)28-10)29(26,27)14-6-4-5-13(7-14)18(25)20-15-12(3)21-22-16(15)17(19)24/h4-7,10-11H,8-9H2,1-3H3,(H2,19,24)(H,20,25)(H,21,22). The summed E-state index contributed by atoms with van der Waals surface area (Å²) in [6.45, 7) is 5.71. The van der Waals surface area contributed by atoms with Crippen molar-refractivity contribution in [3.63, 3.8) is 0 Å². The van der Waals surface area contributed by atoms with Crippen molar-refractivity contribution in [3.05, 3.63) is 41.2 Å².